The number of nitrogens with zero attached hydrogens (tertiary/aromatic N) is 5. The number of likely N-dealkylation sites (N-methyl/N-ethyl adjacent to an activating group) is 1. The minimum absolute atomic E-state index is 0.0991. The molecule has 1 fully saturated rings. The summed E-state index contributed by atoms with van der Waals surface area (Å²) in [4.78, 5) is 23.3. The molecule has 8 heteroatoms. The van der Waals surface area contributed by atoms with Gasteiger partial charge in [-0.2, -0.15) is 4.98 Å². The van der Waals surface area contributed by atoms with Crippen LogP contribution in [-0.4, -0.2) is 72.2 Å². The van der Waals surface area contributed by atoms with Crippen LogP contribution in [0.1, 0.15) is 24.6 Å². The highest BCUT2D eigenvalue weighted by atomic mass is 19.1. The fourth-order valence-electron chi connectivity index (χ4n) is 3.70. The predicted molar refractivity (Wildman–Crippen MR) is 108 cm³/mol. The van der Waals surface area contributed by atoms with E-state index in [0.29, 0.717) is 37.6 Å². The summed E-state index contributed by atoms with van der Waals surface area (Å²) in [5.74, 6) is 1.02. The van der Waals surface area contributed by atoms with E-state index in [2.05, 4.69) is 33.1 Å². The number of rotatable bonds is 5. The molecule has 1 saturated heterocycles. The summed E-state index contributed by atoms with van der Waals surface area (Å²) in [5, 5.41) is 4.07. The van der Waals surface area contributed by atoms with Gasteiger partial charge in [-0.05, 0) is 43.3 Å². The average molecular weight is 399 g/mol. The molecule has 1 aromatic heterocycles. The molecule has 0 radical (unpaired) electrons. The highest BCUT2D eigenvalue weighted by Gasteiger charge is 2.22. The van der Waals surface area contributed by atoms with Gasteiger partial charge in [0.05, 0.1) is 0 Å². The Hall–Kier alpha value is -2.74. The van der Waals surface area contributed by atoms with Crippen molar-refractivity contribution < 1.29 is 13.7 Å². The SMILES string of the molecule is CN1CC=C(c2noc(CCC(=O)N3CCN(c4ccc(F)cc4)CC3)n2)CC1. The van der Waals surface area contributed by atoms with E-state index in [1.165, 1.54) is 12.1 Å². The van der Waals surface area contributed by atoms with Crippen molar-refractivity contribution in [2.75, 3.05) is 51.2 Å². The second kappa shape index (κ2) is 8.73. The summed E-state index contributed by atoms with van der Waals surface area (Å²) in [6.45, 7) is 4.67. The van der Waals surface area contributed by atoms with Crippen LogP contribution >= 0.6 is 0 Å². The van der Waals surface area contributed by atoms with Gasteiger partial charge in [0.2, 0.25) is 11.8 Å². The molecule has 154 valence electrons. The van der Waals surface area contributed by atoms with Crippen LogP contribution in [0, 0.1) is 5.82 Å². The zero-order chi connectivity index (χ0) is 20.2. The third-order valence-electron chi connectivity index (χ3n) is 5.54. The first-order valence-corrected chi connectivity index (χ1v) is 10.1. The second-order valence-electron chi connectivity index (χ2n) is 7.60. The molecule has 0 saturated carbocycles. The standard InChI is InChI=1S/C21H26FN5O2/c1-25-10-8-16(9-11-25)21-23-19(29-24-21)6-7-20(28)27-14-12-26(13-15-27)18-4-2-17(22)3-5-18/h2-5,8H,6-7,9-15H2,1H3. The Bertz CT molecular complexity index is 871. The van der Waals surface area contributed by atoms with Crippen LogP contribution in [0.4, 0.5) is 10.1 Å². The van der Waals surface area contributed by atoms with Crippen molar-refractivity contribution in [3.63, 3.8) is 0 Å². The first-order chi connectivity index (χ1) is 14.1. The molecule has 7 nitrogen and oxygen atoms in total. The Balaban J connectivity index is 1.25. The lowest BCUT2D eigenvalue weighted by Crippen LogP contribution is -2.48. The molecule has 2 aromatic rings. The van der Waals surface area contributed by atoms with Gasteiger partial charge in [0, 0.05) is 57.8 Å². The third kappa shape index (κ3) is 4.82. The maximum atomic E-state index is 13.1. The molecule has 3 heterocycles. The number of piperazine rings is 1. The van der Waals surface area contributed by atoms with Gasteiger partial charge >= 0.3 is 0 Å². The number of halogens is 1. The van der Waals surface area contributed by atoms with Crippen LogP contribution in [-0.2, 0) is 11.2 Å². The minimum Gasteiger partial charge on any atom is -0.368 e. The number of anilines is 1. The van der Waals surface area contributed by atoms with Crippen molar-refractivity contribution in [2.45, 2.75) is 19.3 Å². The number of aromatic nitrogens is 2. The van der Waals surface area contributed by atoms with Crippen molar-refractivity contribution in [2.24, 2.45) is 0 Å². The third-order valence-corrected chi connectivity index (χ3v) is 5.54. The van der Waals surface area contributed by atoms with E-state index < -0.39 is 0 Å². The summed E-state index contributed by atoms with van der Waals surface area (Å²) in [6.07, 6.45) is 3.85. The smallest absolute Gasteiger partial charge is 0.227 e. The first-order valence-electron chi connectivity index (χ1n) is 10.1. The van der Waals surface area contributed by atoms with Gasteiger partial charge in [0.15, 0.2) is 5.82 Å². The molecule has 0 bridgehead atoms. The van der Waals surface area contributed by atoms with Crippen LogP contribution in [0.2, 0.25) is 0 Å². The fraction of sp³-hybridized carbons (Fsp3) is 0.476. The van der Waals surface area contributed by atoms with Gasteiger partial charge in [-0.3, -0.25) is 4.79 Å². The van der Waals surface area contributed by atoms with E-state index in [1.54, 1.807) is 12.1 Å². The minimum atomic E-state index is -0.237. The largest absolute Gasteiger partial charge is 0.368 e. The van der Waals surface area contributed by atoms with Crippen LogP contribution in [0.15, 0.2) is 34.9 Å². The van der Waals surface area contributed by atoms with E-state index in [9.17, 15) is 9.18 Å². The molecule has 0 spiro atoms. The number of carbonyl (C=O) groups excluding carboxylic acids is 1. The highest BCUT2D eigenvalue weighted by molar-refractivity contribution is 5.76. The summed E-state index contributed by atoms with van der Waals surface area (Å²) >= 11 is 0. The van der Waals surface area contributed by atoms with Crippen molar-refractivity contribution in [1.29, 1.82) is 0 Å². The van der Waals surface area contributed by atoms with Crippen molar-refractivity contribution in [3.8, 4) is 0 Å². The van der Waals surface area contributed by atoms with Gasteiger partial charge < -0.3 is 19.2 Å². The lowest BCUT2D eigenvalue weighted by atomic mass is 10.1. The Morgan fingerprint density at radius 1 is 1.14 bits per heavy atom. The Labute approximate surface area is 169 Å². The number of amides is 1. The molecule has 0 atom stereocenters. The fourth-order valence-corrected chi connectivity index (χ4v) is 3.70. The number of hydrogen-bond donors (Lipinski definition) is 0. The predicted octanol–water partition coefficient (Wildman–Crippen LogP) is 2.21. The van der Waals surface area contributed by atoms with Crippen LogP contribution in [0.3, 0.4) is 0 Å². The van der Waals surface area contributed by atoms with Crippen LogP contribution in [0.5, 0.6) is 0 Å². The molecule has 2 aliphatic rings. The summed E-state index contributed by atoms with van der Waals surface area (Å²) in [7, 11) is 2.08. The van der Waals surface area contributed by atoms with E-state index in [1.807, 2.05) is 4.90 Å². The summed E-state index contributed by atoms with van der Waals surface area (Å²) in [6, 6.07) is 6.49. The Kier molecular flexibility index (Phi) is 5.89. The lowest BCUT2D eigenvalue weighted by Gasteiger charge is -2.36. The van der Waals surface area contributed by atoms with Crippen molar-refractivity contribution >= 4 is 17.2 Å². The summed E-state index contributed by atoms with van der Waals surface area (Å²) in [5.41, 5.74) is 2.10. The zero-order valence-electron chi connectivity index (χ0n) is 16.7. The molecule has 0 N–H and O–H groups in total. The molecule has 2 aliphatic heterocycles. The maximum absolute atomic E-state index is 13.1. The van der Waals surface area contributed by atoms with Crippen molar-refractivity contribution in [1.82, 2.24) is 19.9 Å². The molecule has 0 aliphatic carbocycles. The number of benzene rings is 1. The number of aryl methyl sites for hydroxylation is 1. The molecule has 1 aromatic carbocycles. The molecule has 1 amide bonds. The maximum Gasteiger partial charge on any atom is 0.227 e. The van der Waals surface area contributed by atoms with E-state index in [4.69, 9.17) is 4.52 Å². The van der Waals surface area contributed by atoms with Crippen molar-refractivity contribution in [3.05, 3.63) is 47.9 Å². The second-order valence-corrected chi connectivity index (χ2v) is 7.60. The number of hydrogen-bond acceptors (Lipinski definition) is 6. The molecule has 29 heavy (non-hydrogen) atoms. The molecule has 0 unspecified atom stereocenters. The molecular formula is C21H26FN5O2. The van der Waals surface area contributed by atoms with Crippen LogP contribution < -0.4 is 4.90 Å². The molecular weight excluding hydrogens is 373 g/mol. The Morgan fingerprint density at radius 2 is 1.90 bits per heavy atom. The van der Waals surface area contributed by atoms with E-state index in [0.717, 1.165) is 43.9 Å². The lowest BCUT2D eigenvalue weighted by molar-refractivity contribution is -0.131. The Morgan fingerprint density at radius 3 is 2.59 bits per heavy atom. The topological polar surface area (TPSA) is 65.7 Å². The summed E-state index contributed by atoms with van der Waals surface area (Å²) < 4.78 is 18.4. The van der Waals surface area contributed by atoms with E-state index >= 15 is 0 Å². The van der Waals surface area contributed by atoms with Gasteiger partial charge in [-0.1, -0.05) is 11.2 Å². The first kappa shape index (κ1) is 19.6. The monoisotopic (exact) mass is 399 g/mol. The molecule has 4 rings (SSSR count). The van der Waals surface area contributed by atoms with Gasteiger partial charge in [0.25, 0.3) is 0 Å². The zero-order valence-corrected chi connectivity index (χ0v) is 16.7. The average Bonchev–Trinajstić information content (AvgIpc) is 3.22. The van der Waals surface area contributed by atoms with Gasteiger partial charge in [-0.25, -0.2) is 4.39 Å². The van der Waals surface area contributed by atoms with Gasteiger partial charge in [-0.15, -0.1) is 0 Å². The number of carbonyl (C=O) groups is 1. The van der Waals surface area contributed by atoms with Gasteiger partial charge in [0.1, 0.15) is 5.82 Å². The van der Waals surface area contributed by atoms with E-state index in [-0.39, 0.29) is 11.7 Å². The quantitative estimate of drug-likeness (QED) is 0.768. The normalized spacial score (nSPS) is 18.1. The van der Waals surface area contributed by atoms with Crippen LogP contribution in [0.25, 0.3) is 5.57 Å². The highest BCUT2D eigenvalue weighted by Crippen LogP contribution is 2.20.